The molecule has 0 aromatic heterocycles. The molecule has 72 valence electrons. The van der Waals surface area contributed by atoms with E-state index in [1.165, 1.54) is 6.08 Å². The highest BCUT2D eigenvalue weighted by molar-refractivity contribution is 5.80. The van der Waals surface area contributed by atoms with Crippen LogP contribution in [0.5, 0.6) is 0 Å². The number of allylic oxidation sites excluding steroid dienone is 4. The van der Waals surface area contributed by atoms with Crippen molar-refractivity contribution in [1.82, 2.24) is 0 Å². The summed E-state index contributed by atoms with van der Waals surface area (Å²) in [4.78, 5) is 10.0. The fraction of sp³-hybridized carbons (Fsp3) is 0.364. The summed E-state index contributed by atoms with van der Waals surface area (Å²) >= 11 is 0. The molecule has 0 bridgehead atoms. The average molecular weight is 180 g/mol. The fourth-order valence-corrected chi connectivity index (χ4v) is 0.864. The molecule has 1 N–H and O–H groups in total. The second-order valence-electron chi connectivity index (χ2n) is 2.70. The van der Waals surface area contributed by atoms with Crippen molar-refractivity contribution in [2.45, 2.75) is 25.7 Å². The first-order chi connectivity index (χ1) is 6.27. The molecule has 2 nitrogen and oxygen atoms in total. The lowest BCUT2D eigenvalue weighted by atomic mass is 10.2. The molecular weight excluding hydrogens is 164 g/mol. The van der Waals surface area contributed by atoms with Crippen molar-refractivity contribution in [3.63, 3.8) is 0 Å². The zero-order valence-electron chi connectivity index (χ0n) is 7.78. The Bertz CT molecular complexity index is 202. The van der Waals surface area contributed by atoms with Crippen LogP contribution in [0.1, 0.15) is 25.7 Å². The van der Waals surface area contributed by atoms with Crippen LogP contribution in [0, 0.1) is 0 Å². The van der Waals surface area contributed by atoms with Crippen LogP contribution in [0.2, 0.25) is 0 Å². The first kappa shape index (κ1) is 11.7. The SMILES string of the molecule is C=CCCCCC=CC=CC(=O)O. The van der Waals surface area contributed by atoms with Gasteiger partial charge in [-0.3, -0.25) is 0 Å². The summed E-state index contributed by atoms with van der Waals surface area (Å²) in [6, 6.07) is 0. The summed E-state index contributed by atoms with van der Waals surface area (Å²) in [5, 5.41) is 8.25. The van der Waals surface area contributed by atoms with E-state index in [0.29, 0.717) is 0 Å². The minimum Gasteiger partial charge on any atom is -0.478 e. The third-order valence-electron chi connectivity index (χ3n) is 1.52. The van der Waals surface area contributed by atoms with Gasteiger partial charge in [-0.1, -0.05) is 24.3 Å². The summed E-state index contributed by atoms with van der Waals surface area (Å²) < 4.78 is 0. The standard InChI is InChI=1S/C11H16O2/c1-2-3-4-5-6-7-8-9-10-11(12)13/h2,7-10H,1,3-6H2,(H,12,13). The van der Waals surface area contributed by atoms with Gasteiger partial charge in [0.05, 0.1) is 0 Å². The van der Waals surface area contributed by atoms with Gasteiger partial charge < -0.3 is 5.11 Å². The van der Waals surface area contributed by atoms with Crippen molar-refractivity contribution >= 4 is 5.97 Å². The van der Waals surface area contributed by atoms with Crippen molar-refractivity contribution < 1.29 is 9.90 Å². The average Bonchev–Trinajstić information content (AvgIpc) is 2.09. The van der Waals surface area contributed by atoms with Crippen LogP contribution >= 0.6 is 0 Å². The van der Waals surface area contributed by atoms with Crippen molar-refractivity contribution in [1.29, 1.82) is 0 Å². The highest BCUT2D eigenvalue weighted by Gasteiger charge is 1.82. The highest BCUT2D eigenvalue weighted by Crippen LogP contribution is 2.00. The number of carbonyl (C=O) groups is 1. The number of hydrogen-bond donors (Lipinski definition) is 1. The lowest BCUT2D eigenvalue weighted by Crippen LogP contribution is -1.84. The molecule has 0 saturated heterocycles. The Labute approximate surface area is 79.3 Å². The van der Waals surface area contributed by atoms with Crippen LogP contribution in [-0.2, 0) is 4.79 Å². The maximum atomic E-state index is 10.0. The van der Waals surface area contributed by atoms with Crippen molar-refractivity contribution in [2.75, 3.05) is 0 Å². The Morgan fingerprint density at radius 3 is 2.54 bits per heavy atom. The molecule has 0 atom stereocenters. The highest BCUT2D eigenvalue weighted by atomic mass is 16.4. The van der Waals surface area contributed by atoms with E-state index in [-0.39, 0.29) is 0 Å². The molecule has 0 aliphatic carbocycles. The Balaban J connectivity index is 3.31. The largest absolute Gasteiger partial charge is 0.478 e. The third-order valence-corrected chi connectivity index (χ3v) is 1.52. The molecule has 0 aromatic carbocycles. The predicted molar refractivity (Wildman–Crippen MR) is 54.6 cm³/mol. The molecule has 0 amide bonds. The molecule has 0 saturated carbocycles. The molecule has 0 unspecified atom stereocenters. The summed E-state index contributed by atoms with van der Waals surface area (Å²) in [6.45, 7) is 3.63. The van der Waals surface area contributed by atoms with E-state index in [1.54, 1.807) is 6.08 Å². The molecule has 0 heterocycles. The molecule has 0 fully saturated rings. The molecular formula is C11H16O2. The van der Waals surface area contributed by atoms with Gasteiger partial charge in [-0.25, -0.2) is 4.79 Å². The van der Waals surface area contributed by atoms with Crippen LogP contribution in [0.3, 0.4) is 0 Å². The molecule has 0 aromatic rings. The minimum atomic E-state index is -0.906. The lowest BCUT2D eigenvalue weighted by molar-refractivity contribution is -0.131. The Morgan fingerprint density at radius 1 is 1.23 bits per heavy atom. The zero-order valence-corrected chi connectivity index (χ0v) is 7.78. The lowest BCUT2D eigenvalue weighted by Gasteiger charge is -1.90. The van der Waals surface area contributed by atoms with E-state index in [2.05, 4.69) is 6.58 Å². The normalized spacial score (nSPS) is 11.1. The van der Waals surface area contributed by atoms with E-state index in [0.717, 1.165) is 31.8 Å². The molecule has 0 spiro atoms. The number of aliphatic carboxylic acids is 1. The maximum Gasteiger partial charge on any atom is 0.328 e. The van der Waals surface area contributed by atoms with Crippen molar-refractivity contribution in [3.8, 4) is 0 Å². The van der Waals surface area contributed by atoms with Gasteiger partial charge in [0.25, 0.3) is 0 Å². The van der Waals surface area contributed by atoms with Crippen LogP contribution in [0.4, 0.5) is 0 Å². The van der Waals surface area contributed by atoms with Gasteiger partial charge in [-0.2, -0.15) is 0 Å². The molecule has 2 heteroatoms. The van der Waals surface area contributed by atoms with Gasteiger partial charge in [0.15, 0.2) is 0 Å². The van der Waals surface area contributed by atoms with Gasteiger partial charge in [0.2, 0.25) is 0 Å². The van der Waals surface area contributed by atoms with Crippen LogP contribution in [-0.4, -0.2) is 11.1 Å². The molecule has 0 rings (SSSR count). The number of carboxylic acids is 1. The first-order valence-electron chi connectivity index (χ1n) is 4.44. The van der Waals surface area contributed by atoms with E-state index in [4.69, 9.17) is 5.11 Å². The van der Waals surface area contributed by atoms with Crippen molar-refractivity contribution in [2.24, 2.45) is 0 Å². The van der Waals surface area contributed by atoms with E-state index in [9.17, 15) is 4.79 Å². The van der Waals surface area contributed by atoms with E-state index < -0.39 is 5.97 Å². The minimum absolute atomic E-state index is 0.906. The molecule has 0 aliphatic rings. The van der Waals surface area contributed by atoms with Gasteiger partial charge in [0.1, 0.15) is 0 Å². The first-order valence-corrected chi connectivity index (χ1v) is 4.44. The summed E-state index contributed by atoms with van der Waals surface area (Å²) in [6.07, 6.45) is 12.6. The summed E-state index contributed by atoms with van der Waals surface area (Å²) in [5.41, 5.74) is 0. The second kappa shape index (κ2) is 8.78. The summed E-state index contributed by atoms with van der Waals surface area (Å²) in [5.74, 6) is -0.906. The molecule has 0 aliphatic heterocycles. The monoisotopic (exact) mass is 180 g/mol. The maximum absolute atomic E-state index is 10.0. The molecule has 13 heavy (non-hydrogen) atoms. The second-order valence-corrected chi connectivity index (χ2v) is 2.70. The van der Waals surface area contributed by atoms with Crippen LogP contribution in [0.15, 0.2) is 37.0 Å². The van der Waals surface area contributed by atoms with Gasteiger partial charge >= 0.3 is 5.97 Å². The van der Waals surface area contributed by atoms with E-state index >= 15 is 0 Å². The van der Waals surface area contributed by atoms with Gasteiger partial charge in [-0.05, 0) is 25.7 Å². The van der Waals surface area contributed by atoms with Crippen molar-refractivity contribution in [3.05, 3.63) is 37.0 Å². The summed E-state index contributed by atoms with van der Waals surface area (Å²) in [7, 11) is 0. The number of hydrogen-bond acceptors (Lipinski definition) is 1. The quantitative estimate of drug-likeness (QED) is 0.283. The number of rotatable bonds is 7. The Morgan fingerprint density at radius 2 is 1.92 bits per heavy atom. The predicted octanol–water partition coefficient (Wildman–Crippen LogP) is 2.93. The smallest absolute Gasteiger partial charge is 0.328 e. The van der Waals surface area contributed by atoms with Gasteiger partial charge in [-0.15, -0.1) is 6.58 Å². The zero-order chi connectivity index (χ0) is 9.94. The van der Waals surface area contributed by atoms with Gasteiger partial charge in [0, 0.05) is 6.08 Å². The van der Waals surface area contributed by atoms with Crippen LogP contribution in [0.25, 0.3) is 0 Å². The van der Waals surface area contributed by atoms with Crippen LogP contribution < -0.4 is 0 Å². The number of carboxylic acid groups (broad SMARTS) is 1. The third kappa shape index (κ3) is 10.7. The topological polar surface area (TPSA) is 37.3 Å². The molecule has 0 radical (unpaired) electrons. The Kier molecular flexibility index (Phi) is 7.90. The van der Waals surface area contributed by atoms with E-state index in [1.807, 2.05) is 12.2 Å². The Hall–Kier alpha value is -1.31. The fourth-order valence-electron chi connectivity index (χ4n) is 0.864. The number of unbranched alkanes of at least 4 members (excludes halogenated alkanes) is 3.